The van der Waals surface area contributed by atoms with E-state index < -0.39 is 44.7 Å². The number of hydrogen-bond acceptors (Lipinski definition) is 2. The van der Waals surface area contributed by atoms with Crippen molar-refractivity contribution in [1.29, 1.82) is 0 Å². The van der Waals surface area contributed by atoms with Crippen LogP contribution in [-0.4, -0.2) is 47.6 Å². The van der Waals surface area contributed by atoms with Crippen LogP contribution >= 0.6 is 0 Å². The molecule has 0 saturated heterocycles. The van der Waals surface area contributed by atoms with E-state index in [0.29, 0.717) is 0 Å². The Bertz CT molecular complexity index is 540. The first-order valence-corrected chi connectivity index (χ1v) is 5.74. The molecular weight excluding hydrogens is 426 g/mol. The van der Waals surface area contributed by atoms with Crippen LogP contribution in [0.3, 0.4) is 0 Å². The Balaban J connectivity index is 0.00000441. The van der Waals surface area contributed by atoms with Crippen LogP contribution in [0.2, 0.25) is 0 Å². The molecule has 1 saturated carbocycles. The van der Waals surface area contributed by atoms with E-state index in [4.69, 9.17) is 4.55 Å². The smallest absolute Gasteiger partial charge is 0.283 e. The number of rotatable bonds is 1. The van der Waals surface area contributed by atoms with Crippen molar-refractivity contribution in [3.63, 3.8) is 0 Å². The third-order valence-corrected chi connectivity index (χ3v) is 3.96. The maximum atomic E-state index is 13.3. The minimum absolute atomic E-state index is 0. The van der Waals surface area contributed by atoms with Gasteiger partial charge in [0.1, 0.15) is 0 Å². The molecule has 1 rings (SSSR count). The van der Waals surface area contributed by atoms with Crippen molar-refractivity contribution >= 4 is 10.1 Å². The van der Waals surface area contributed by atoms with Gasteiger partial charge in [0.2, 0.25) is 0 Å². The third kappa shape index (κ3) is 1.77. The molecule has 22 heavy (non-hydrogen) atoms. The molecule has 1 aliphatic rings. The van der Waals surface area contributed by atoms with Gasteiger partial charge in [0.05, 0.1) is 0 Å². The van der Waals surface area contributed by atoms with E-state index in [1.807, 2.05) is 0 Å². The Morgan fingerprint density at radius 3 is 0.909 bits per heavy atom. The molecule has 0 heterocycles. The van der Waals surface area contributed by atoms with Crippen LogP contribution in [0.1, 0.15) is 0 Å². The number of hydrogen-bond donors (Lipinski definition) is 1. The molecule has 0 aromatic carbocycles. The SMILES string of the molecule is O=S(=O)(O)C1(F)C(F)(F)C(F)(F)C(F)(F)C(F)(F)C1(F)F.[Zn]. The van der Waals surface area contributed by atoms with Gasteiger partial charge in [-0.05, 0) is 0 Å². The van der Waals surface area contributed by atoms with Crippen LogP contribution in [0, 0.1) is 0 Å². The molecule has 0 aromatic rings. The van der Waals surface area contributed by atoms with E-state index in [1.165, 1.54) is 0 Å². The van der Waals surface area contributed by atoms with Crippen molar-refractivity contribution in [2.45, 2.75) is 34.6 Å². The van der Waals surface area contributed by atoms with Crippen molar-refractivity contribution in [2.75, 3.05) is 0 Å². The summed E-state index contributed by atoms with van der Waals surface area (Å²) in [5.41, 5.74) is 0. The molecule has 0 spiro atoms. The monoisotopic (exact) mass is 426 g/mol. The molecule has 0 bridgehead atoms. The van der Waals surface area contributed by atoms with Gasteiger partial charge in [-0.25, -0.2) is 4.39 Å². The molecule has 1 N–H and O–H groups in total. The molecule has 0 amide bonds. The largest absolute Gasteiger partial charge is 0.384 e. The topological polar surface area (TPSA) is 54.4 Å². The van der Waals surface area contributed by atoms with Crippen molar-refractivity contribution < 1.29 is 80.7 Å². The third-order valence-electron chi connectivity index (χ3n) is 2.74. The fourth-order valence-corrected chi connectivity index (χ4v) is 2.42. The van der Waals surface area contributed by atoms with Crippen molar-refractivity contribution in [2.24, 2.45) is 0 Å². The van der Waals surface area contributed by atoms with Crippen LogP contribution < -0.4 is 0 Å². The van der Waals surface area contributed by atoms with Gasteiger partial charge in [-0.2, -0.15) is 52.3 Å². The summed E-state index contributed by atoms with van der Waals surface area (Å²) in [6.07, 6.45) is 0. The Labute approximate surface area is 126 Å². The van der Waals surface area contributed by atoms with Crippen LogP contribution in [0.4, 0.5) is 48.3 Å². The predicted molar refractivity (Wildman–Crippen MR) is 40.1 cm³/mol. The quantitative estimate of drug-likeness (QED) is 0.398. The number of halogens is 11. The van der Waals surface area contributed by atoms with E-state index in [1.54, 1.807) is 0 Å². The molecule has 0 radical (unpaired) electrons. The van der Waals surface area contributed by atoms with Gasteiger partial charge in [0.25, 0.3) is 0 Å². The summed E-state index contributed by atoms with van der Waals surface area (Å²) in [4.78, 5) is 0. The molecular formula is C6HF11O3SZn. The maximum absolute atomic E-state index is 13.3. The molecule has 0 atom stereocenters. The Morgan fingerprint density at radius 1 is 0.545 bits per heavy atom. The summed E-state index contributed by atoms with van der Waals surface area (Å²) >= 11 is 0. The van der Waals surface area contributed by atoms with Gasteiger partial charge >= 0.3 is 44.7 Å². The molecule has 3 nitrogen and oxygen atoms in total. The van der Waals surface area contributed by atoms with Gasteiger partial charge in [-0.3, -0.25) is 4.55 Å². The summed E-state index contributed by atoms with van der Waals surface area (Å²) in [6.45, 7) is 0. The first kappa shape index (κ1) is 21.8. The van der Waals surface area contributed by atoms with Crippen LogP contribution in [-0.2, 0) is 29.6 Å². The molecule has 1 fully saturated rings. The van der Waals surface area contributed by atoms with Crippen molar-refractivity contribution in [1.82, 2.24) is 0 Å². The van der Waals surface area contributed by atoms with Crippen molar-refractivity contribution in [3.8, 4) is 0 Å². The standard InChI is InChI=1S/C6HF11O3S.Zn/c7-1(8)2(9,10)4(13,14)6(17,21(18,19)20)5(15,16)3(1,11)12;/h(H,18,19,20);. The molecule has 16 heteroatoms. The first-order chi connectivity index (χ1) is 8.75. The molecule has 128 valence electrons. The van der Waals surface area contributed by atoms with Crippen LogP contribution in [0.15, 0.2) is 0 Å². The van der Waals surface area contributed by atoms with E-state index in [2.05, 4.69) is 0 Å². The molecule has 0 aliphatic heterocycles. The fourth-order valence-electron chi connectivity index (χ4n) is 1.52. The summed E-state index contributed by atoms with van der Waals surface area (Å²) < 4.78 is 169. The summed E-state index contributed by atoms with van der Waals surface area (Å²) in [5, 5.41) is -7.39. The summed E-state index contributed by atoms with van der Waals surface area (Å²) in [7, 11) is -7.69. The zero-order chi connectivity index (χ0) is 17.5. The van der Waals surface area contributed by atoms with E-state index in [-0.39, 0.29) is 19.5 Å². The van der Waals surface area contributed by atoms with Gasteiger partial charge in [-0.1, -0.05) is 0 Å². The van der Waals surface area contributed by atoms with Crippen molar-refractivity contribution in [3.05, 3.63) is 0 Å². The van der Waals surface area contributed by atoms with Crippen LogP contribution in [0.25, 0.3) is 0 Å². The minimum atomic E-state index is -7.69. The van der Waals surface area contributed by atoms with Gasteiger partial charge < -0.3 is 0 Å². The normalized spacial score (nSPS) is 30.2. The fraction of sp³-hybridized carbons (Fsp3) is 1.00. The molecule has 1 aliphatic carbocycles. The van der Waals surface area contributed by atoms with Gasteiger partial charge in [0.15, 0.2) is 0 Å². The molecule has 0 aromatic heterocycles. The van der Waals surface area contributed by atoms with Crippen LogP contribution in [0.5, 0.6) is 0 Å². The Morgan fingerprint density at radius 2 is 0.727 bits per heavy atom. The maximum Gasteiger partial charge on any atom is 0.384 e. The zero-order valence-electron chi connectivity index (χ0n) is 9.54. The van der Waals surface area contributed by atoms with E-state index >= 15 is 0 Å². The van der Waals surface area contributed by atoms with E-state index in [0.717, 1.165) is 0 Å². The second-order valence-electron chi connectivity index (χ2n) is 3.94. The average Bonchev–Trinajstić information content (AvgIpc) is 2.23. The summed E-state index contributed by atoms with van der Waals surface area (Å²) in [6, 6.07) is 0. The van der Waals surface area contributed by atoms with Gasteiger partial charge in [0, 0.05) is 19.5 Å². The molecule has 0 unspecified atom stereocenters. The minimum Gasteiger partial charge on any atom is -0.283 e. The number of alkyl halides is 11. The second kappa shape index (κ2) is 4.65. The Hall–Kier alpha value is -0.237. The van der Waals surface area contributed by atoms with E-state index in [9.17, 15) is 56.7 Å². The summed E-state index contributed by atoms with van der Waals surface area (Å²) in [5.74, 6) is -37.8. The predicted octanol–water partition coefficient (Wildman–Crippen LogP) is 2.73. The Kier molecular flexibility index (Phi) is 4.60. The average molecular weight is 428 g/mol. The zero-order valence-corrected chi connectivity index (χ0v) is 13.3. The van der Waals surface area contributed by atoms with Gasteiger partial charge in [-0.15, -0.1) is 0 Å². The second-order valence-corrected chi connectivity index (χ2v) is 5.45. The first-order valence-electron chi connectivity index (χ1n) is 4.30.